The SMILES string of the molecule is C1CCCC(NC2CCOC3(CCOCC3)C2)CCC1. The minimum absolute atomic E-state index is 0.135. The number of hydrogen-bond acceptors (Lipinski definition) is 3. The van der Waals surface area contributed by atoms with Gasteiger partial charge in [-0.05, 0) is 38.5 Å². The predicted octanol–water partition coefficient (Wildman–Crippen LogP) is 3.42. The molecule has 3 rings (SSSR count). The predicted molar refractivity (Wildman–Crippen MR) is 81.0 cm³/mol. The second-order valence-corrected chi connectivity index (χ2v) is 7.04. The summed E-state index contributed by atoms with van der Waals surface area (Å²) in [6.45, 7) is 2.71. The summed E-state index contributed by atoms with van der Waals surface area (Å²) >= 11 is 0. The van der Waals surface area contributed by atoms with Crippen LogP contribution in [0.1, 0.15) is 70.6 Å². The summed E-state index contributed by atoms with van der Waals surface area (Å²) in [4.78, 5) is 0. The molecule has 2 saturated heterocycles. The van der Waals surface area contributed by atoms with Crippen LogP contribution in [0.3, 0.4) is 0 Å². The molecule has 0 bridgehead atoms. The van der Waals surface area contributed by atoms with Crippen LogP contribution in [0, 0.1) is 0 Å². The molecule has 0 aromatic carbocycles. The van der Waals surface area contributed by atoms with Crippen molar-refractivity contribution in [3.63, 3.8) is 0 Å². The minimum Gasteiger partial charge on any atom is -0.381 e. The molecule has 3 heteroatoms. The van der Waals surface area contributed by atoms with Gasteiger partial charge in [-0.15, -0.1) is 0 Å². The summed E-state index contributed by atoms with van der Waals surface area (Å²) < 4.78 is 11.7. The Balaban J connectivity index is 1.51. The number of ether oxygens (including phenoxy) is 2. The lowest BCUT2D eigenvalue weighted by Gasteiger charge is -2.44. The Morgan fingerprint density at radius 3 is 2.20 bits per heavy atom. The van der Waals surface area contributed by atoms with E-state index in [0.29, 0.717) is 6.04 Å². The van der Waals surface area contributed by atoms with Crippen LogP contribution in [-0.4, -0.2) is 37.5 Å². The zero-order valence-electron chi connectivity index (χ0n) is 12.9. The largest absolute Gasteiger partial charge is 0.381 e. The van der Waals surface area contributed by atoms with Crippen molar-refractivity contribution >= 4 is 0 Å². The average Bonchev–Trinajstić information content (AvgIpc) is 2.43. The average molecular weight is 281 g/mol. The maximum atomic E-state index is 6.15. The van der Waals surface area contributed by atoms with Crippen LogP contribution in [0.5, 0.6) is 0 Å². The van der Waals surface area contributed by atoms with Crippen molar-refractivity contribution in [2.75, 3.05) is 19.8 Å². The van der Waals surface area contributed by atoms with Gasteiger partial charge in [0.2, 0.25) is 0 Å². The molecule has 3 nitrogen and oxygen atoms in total. The summed E-state index contributed by atoms with van der Waals surface area (Å²) in [5, 5.41) is 3.98. The molecule has 1 aliphatic carbocycles. The van der Waals surface area contributed by atoms with Crippen LogP contribution in [-0.2, 0) is 9.47 Å². The molecular weight excluding hydrogens is 250 g/mol. The topological polar surface area (TPSA) is 30.5 Å². The van der Waals surface area contributed by atoms with Crippen molar-refractivity contribution < 1.29 is 9.47 Å². The minimum atomic E-state index is 0.135. The Hall–Kier alpha value is -0.120. The highest BCUT2D eigenvalue weighted by molar-refractivity contribution is 4.92. The quantitative estimate of drug-likeness (QED) is 0.841. The highest BCUT2D eigenvalue weighted by atomic mass is 16.5. The molecule has 116 valence electrons. The summed E-state index contributed by atoms with van der Waals surface area (Å²) in [6.07, 6.45) is 14.5. The first-order chi connectivity index (χ1) is 9.86. The lowest BCUT2D eigenvalue weighted by Crippen LogP contribution is -2.51. The van der Waals surface area contributed by atoms with Crippen molar-refractivity contribution in [1.82, 2.24) is 5.32 Å². The van der Waals surface area contributed by atoms with Crippen LogP contribution >= 0.6 is 0 Å². The Kier molecular flexibility index (Phi) is 5.36. The molecule has 20 heavy (non-hydrogen) atoms. The molecule has 1 atom stereocenters. The van der Waals surface area contributed by atoms with Gasteiger partial charge in [0.15, 0.2) is 0 Å². The van der Waals surface area contributed by atoms with E-state index in [1.165, 1.54) is 57.8 Å². The highest BCUT2D eigenvalue weighted by Crippen LogP contribution is 2.34. The maximum absolute atomic E-state index is 6.15. The first-order valence-electron chi connectivity index (χ1n) is 8.84. The normalized spacial score (nSPS) is 32.7. The monoisotopic (exact) mass is 281 g/mol. The lowest BCUT2D eigenvalue weighted by atomic mass is 9.83. The lowest BCUT2D eigenvalue weighted by molar-refractivity contribution is -0.141. The van der Waals surface area contributed by atoms with E-state index in [4.69, 9.17) is 9.47 Å². The third-order valence-electron chi connectivity index (χ3n) is 5.47. The van der Waals surface area contributed by atoms with E-state index in [9.17, 15) is 0 Å². The number of nitrogens with one attached hydrogen (secondary N) is 1. The van der Waals surface area contributed by atoms with Gasteiger partial charge in [0.25, 0.3) is 0 Å². The van der Waals surface area contributed by atoms with Crippen molar-refractivity contribution in [2.24, 2.45) is 0 Å². The second-order valence-electron chi connectivity index (χ2n) is 7.04. The van der Waals surface area contributed by atoms with E-state index in [0.717, 1.165) is 38.7 Å². The summed E-state index contributed by atoms with van der Waals surface area (Å²) in [5.74, 6) is 0. The molecule has 1 spiro atoms. The molecule has 2 aliphatic heterocycles. The molecule has 1 unspecified atom stereocenters. The van der Waals surface area contributed by atoms with Gasteiger partial charge in [0.05, 0.1) is 5.60 Å². The molecule has 0 amide bonds. The van der Waals surface area contributed by atoms with E-state index < -0.39 is 0 Å². The van der Waals surface area contributed by atoms with Crippen LogP contribution in [0.15, 0.2) is 0 Å². The van der Waals surface area contributed by atoms with Gasteiger partial charge in [0.1, 0.15) is 0 Å². The van der Waals surface area contributed by atoms with Gasteiger partial charge < -0.3 is 14.8 Å². The zero-order valence-corrected chi connectivity index (χ0v) is 12.9. The fourth-order valence-corrected chi connectivity index (χ4v) is 4.22. The molecule has 0 aromatic rings. The van der Waals surface area contributed by atoms with Crippen molar-refractivity contribution in [2.45, 2.75) is 88.3 Å². The van der Waals surface area contributed by atoms with Crippen molar-refractivity contribution in [3.05, 3.63) is 0 Å². The molecule has 1 N–H and O–H groups in total. The Labute approximate surface area is 123 Å². The van der Waals surface area contributed by atoms with Gasteiger partial charge in [0, 0.05) is 31.9 Å². The molecule has 0 aromatic heterocycles. The number of rotatable bonds is 2. The molecule has 3 aliphatic rings. The van der Waals surface area contributed by atoms with E-state index in [-0.39, 0.29) is 5.60 Å². The van der Waals surface area contributed by atoms with Gasteiger partial charge in [-0.2, -0.15) is 0 Å². The van der Waals surface area contributed by atoms with Gasteiger partial charge >= 0.3 is 0 Å². The first-order valence-corrected chi connectivity index (χ1v) is 8.84. The Bertz CT molecular complexity index is 275. The molecule has 2 heterocycles. The van der Waals surface area contributed by atoms with Crippen molar-refractivity contribution in [3.8, 4) is 0 Å². The zero-order chi connectivity index (χ0) is 13.7. The smallest absolute Gasteiger partial charge is 0.0741 e. The van der Waals surface area contributed by atoms with E-state index >= 15 is 0 Å². The summed E-state index contributed by atoms with van der Waals surface area (Å²) in [6, 6.07) is 1.43. The Morgan fingerprint density at radius 2 is 1.45 bits per heavy atom. The van der Waals surface area contributed by atoms with Crippen LogP contribution in [0.25, 0.3) is 0 Å². The van der Waals surface area contributed by atoms with Crippen LogP contribution in [0.4, 0.5) is 0 Å². The molecule has 1 saturated carbocycles. The highest BCUT2D eigenvalue weighted by Gasteiger charge is 2.39. The van der Waals surface area contributed by atoms with Gasteiger partial charge in [-0.1, -0.05) is 32.1 Å². The summed E-state index contributed by atoms with van der Waals surface area (Å²) in [7, 11) is 0. The molecule has 3 fully saturated rings. The maximum Gasteiger partial charge on any atom is 0.0741 e. The fourth-order valence-electron chi connectivity index (χ4n) is 4.22. The second kappa shape index (κ2) is 7.24. The molecular formula is C17H31NO2. The third-order valence-corrected chi connectivity index (χ3v) is 5.47. The van der Waals surface area contributed by atoms with Gasteiger partial charge in [-0.3, -0.25) is 0 Å². The number of hydrogen-bond donors (Lipinski definition) is 1. The van der Waals surface area contributed by atoms with Crippen molar-refractivity contribution in [1.29, 1.82) is 0 Å². The molecule has 0 radical (unpaired) electrons. The van der Waals surface area contributed by atoms with E-state index in [1.807, 2.05) is 0 Å². The van der Waals surface area contributed by atoms with Crippen LogP contribution < -0.4 is 5.32 Å². The van der Waals surface area contributed by atoms with Crippen LogP contribution in [0.2, 0.25) is 0 Å². The van der Waals surface area contributed by atoms with E-state index in [2.05, 4.69) is 5.32 Å². The fraction of sp³-hybridized carbons (Fsp3) is 1.00. The first kappa shape index (κ1) is 14.8. The third kappa shape index (κ3) is 3.96. The van der Waals surface area contributed by atoms with Gasteiger partial charge in [-0.25, -0.2) is 0 Å². The summed E-state index contributed by atoms with van der Waals surface area (Å²) in [5.41, 5.74) is 0.135. The Morgan fingerprint density at radius 1 is 0.750 bits per heavy atom. The standard InChI is InChI=1S/C17H31NO2/c1-2-4-6-15(7-5-3-1)18-16-8-11-20-17(14-16)9-12-19-13-10-17/h15-16,18H,1-14H2. The van der Waals surface area contributed by atoms with E-state index in [1.54, 1.807) is 0 Å².